The molecule has 2 amide bonds. The normalized spacial score (nSPS) is 19.3. The number of aliphatic imine (C=N–C) groups is 1. The van der Waals surface area contributed by atoms with Crippen molar-refractivity contribution in [3.8, 4) is 5.75 Å². The molecule has 1 aromatic rings. The lowest BCUT2D eigenvalue weighted by molar-refractivity contribution is -0.143. The van der Waals surface area contributed by atoms with E-state index >= 15 is 0 Å². The maximum Gasteiger partial charge on any atom is 0.307 e. The standard InChI is InChI=1S/C20H23ClN4O5/c21-13-6-7-14-12(9-25-10-16(26)24-20(25)23-14)18(13)30-15(8-17(27)28)19(29)22-11-4-2-1-3-5-11/h6-7,11,15H,1-5,8-10H2,(H,22,29)(H,27,28)(H,23,24,26). The SMILES string of the molecule is O=C(O)CC(Oc1c(Cl)ccc2c1CN1CC(=O)NC1=N2)C(=O)NC1CCCCC1. The van der Waals surface area contributed by atoms with Crippen LogP contribution < -0.4 is 15.4 Å². The quantitative estimate of drug-likeness (QED) is 0.629. The molecule has 2 fully saturated rings. The minimum absolute atomic E-state index is 0.0279. The second-order valence-corrected chi connectivity index (χ2v) is 8.17. The summed E-state index contributed by atoms with van der Waals surface area (Å²) in [7, 11) is 0. The Morgan fingerprint density at radius 1 is 1.30 bits per heavy atom. The molecule has 0 radical (unpaired) electrons. The highest BCUT2D eigenvalue weighted by atomic mass is 35.5. The maximum atomic E-state index is 12.8. The van der Waals surface area contributed by atoms with Gasteiger partial charge in [0.05, 0.1) is 23.7 Å². The van der Waals surface area contributed by atoms with Crippen molar-refractivity contribution in [2.75, 3.05) is 6.54 Å². The summed E-state index contributed by atoms with van der Waals surface area (Å²) in [6, 6.07) is 3.32. The number of carbonyl (C=O) groups excluding carboxylic acids is 2. The number of ether oxygens (including phenoxy) is 1. The Labute approximate surface area is 178 Å². The minimum Gasteiger partial charge on any atom is -0.481 e. The Morgan fingerprint density at radius 2 is 2.07 bits per heavy atom. The van der Waals surface area contributed by atoms with E-state index in [1.54, 1.807) is 17.0 Å². The number of guanidine groups is 1. The number of hydrogen-bond donors (Lipinski definition) is 3. The van der Waals surface area contributed by atoms with Crippen LogP contribution in [0.15, 0.2) is 17.1 Å². The molecular weight excluding hydrogens is 412 g/mol. The van der Waals surface area contributed by atoms with Gasteiger partial charge in [-0.2, -0.15) is 0 Å². The number of nitrogens with zero attached hydrogens (tertiary/aromatic N) is 2. The van der Waals surface area contributed by atoms with Crippen LogP contribution >= 0.6 is 11.6 Å². The fourth-order valence-corrected chi connectivity index (χ4v) is 4.25. The predicted octanol–water partition coefficient (Wildman–Crippen LogP) is 1.94. The third-order valence-corrected chi connectivity index (χ3v) is 5.81. The molecule has 1 saturated carbocycles. The zero-order valence-corrected chi connectivity index (χ0v) is 17.1. The number of halogens is 1. The molecule has 2 aliphatic heterocycles. The van der Waals surface area contributed by atoms with Crippen LogP contribution in [0.1, 0.15) is 44.1 Å². The average Bonchev–Trinajstić information content (AvgIpc) is 3.07. The first-order valence-corrected chi connectivity index (χ1v) is 10.4. The van der Waals surface area contributed by atoms with Crippen molar-refractivity contribution in [1.82, 2.24) is 15.5 Å². The second kappa shape index (κ2) is 8.51. The number of carboxylic acids is 1. The van der Waals surface area contributed by atoms with Gasteiger partial charge in [-0.25, -0.2) is 4.99 Å². The third-order valence-electron chi connectivity index (χ3n) is 5.51. The molecule has 160 valence electrons. The summed E-state index contributed by atoms with van der Waals surface area (Å²) in [5.74, 6) is -1.09. The van der Waals surface area contributed by atoms with E-state index in [0.717, 1.165) is 32.1 Å². The van der Waals surface area contributed by atoms with Gasteiger partial charge in [0.25, 0.3) is 5.91 Å². The van der Waals surface area contributed by atoms with Crippen molar-refractivity contribution in [2.24, 2.45) is 4.99 Å². The molecule has 30 heavy (non-hydrogen) atoms. The molecule has 1 aromatic carbocycles. The van der Waals surface area contributed by atoms with Crippen LogP contribution in [-0.2, 0) is 20.9 Å². The van der Waals surface area contributed by atoms with Crippen molar-refractivity contribution in [2.45, 2.75) is 57.2 Å². The second-order valence-electron chi connectivity index (χ2n) is 7.76. The van der Waals surface area contributed by atoms with Gasteiger partial charge < -0.3 is 20.1 Å². The summed E-state index contributed by atoms with van der Waals surface area (Å²) in [4.78, 5) is 42.0. The van der Waals surface area contributed by atoms with E-state index in [0.29, 0.717) is 23.8 Å². The van der Waals surface area contributed by atoms with Gasteiger partial charge in [-0.15, -0.1) is 0 Å². The predicted molar refractivity (Wildman–Crippen MR) is 109 cm³/mol. The molecule has 0 aromatic heterocycles. The van der Waals surface area contributed by atoms with Crippen LogP contribution in [0, 0.1) is 0 Å². The lowest BCUT2D eigenvalue weighted by Gasteiger charge is -2.28. The first-order chi connectivity index (χ1) is 14.4. The molecule has 1 atom stereocenters. The number of amides is 2. The van der Waals surface area contributed by atoms with E-state index in [-0.39, 0.29) is 29.3 Å². The summed E-state index contributed by atoms with van der Waals surface area (Å²) in [6.07, 6.45) is 3.26. The van der Waals surface area contributed by atoms with Crippen LogP contribution in [0.2, 0.25) is 5.02 Å². The van der Waals surface area contributed by atoms with Gasteiger partial charge in [-0.3, -0.25) is 19.7 Å². The summed E-state index contributed by atoms with van der Waals surface area (Å²) >= 11 is 6.36. The zero-order chi connectivity index (χ0) is 21.3. The fourth-order valence-electron chi connectivity index (χ4n) is 4.03. The van der Waals surface area contributed by atoms with Crippen molar-refractivity contribution >= 4 is 41.0 Å². The number of carbonyl (C=O) groups is 3. The van der Waals surface area contributed by atoms with E-state index in [4.69, 9.17) is 16.3 Å². The van der Waals surface area contributed by atoms with Crippen LogP contribution in [0.5, 0.6) is 5.75 Å². The molecule has 9 nitrogen and oxygen atoms in total. The molecule has 4 rings (SSSR count). The van der Waals surface area contributed by atoms with Gasteiger partial charge in [0.15, 0.2) is 6.10 Å². The number of rotatable bonds is 6. The fraction of sp³-hybridized carbons (Fsp3) is 0.500. The third kappa shape index (κ3) is 4.35. The Morgan fingerprint density at radius 3 is 2.80 bits per heavy atom. The average molecular weight is 435 g/mol. The summed E-state index contributed by atoms with van der Waals surface area (Å²) in [5.41, 5.74) is 1.17. The largest absolute Gasteiger partial charge is 0.481 e. The topological polar surface area (TPSA) is 120 Å². The molecular formula is C20H23ClN4O5. The molecule has 3 N–H and O–H groups in total. The van der Waals surface area contributed by atoms with E-state index in [9.17, 15) is 19.5 Å². The first-order valence-electron chi connectivity index (χ1n) is 10.0. The Hall–Kier alpha value is -2.81. The van der Waals surface area contributed by atoms with E-state index < -0.39 is 24.4 Å². The van der Waals surface area contributed by atoms with Gasteiger partial charge in [0, 0.05) is 11.6 Å². The Kier molecular flexibility index (Phi) is 5.80. The minimum atomic E-state index is -1.22. The van der Waals surface area contributed by atoms with E-state index in [1.165, 1.54) is 0 Å². The maximum absolute atomic E-state index is 12.8. The molecule has 1 unspecified atom stereocenters. The summed E-state index contributed by atoms with van der Waals surface area (Å²) in [6.45, 7) is 0.470. The molecule has 0 bridgehead atoms. The molecule has 3 aliphatic rings. The number of hydrogen-bond acceptors (Lipinski definition) is 6. The van der Waals surface area contributed by atoms with Crippen LogP contribution in [0.3, 0.4) is 0 Å². The van der Waals surface area contributed by atoms with Crippen molar-refractivity contribution in [3.63, 3.8) is 0 Å². The monoisotopic (exact) mass is 434 g/mol. The van der Waals surface area contributed by atoms with Gasteiger partial charge >= 0.3 is 5.97 Å². The van der Waals surface area contributed by atoms with Gasteiger partial charge in [-0.05, 0) is 25.0 Å². The molecule has 1 aliphatic carbocycles. The number of benzene rings is 1. The highest BCUT2D eigenvalue weighted by molar-refractivity contribution is 6.32. The van der Waals surface area contributed by atoms with Crippen molar-refractivity contribution in [1.29, 1.82) is 0 Å². The highest BCUT2D eigenvalue weighted by Crippen LogP contribution is 2.40. The number of fused-ring (bicyclic) bond motifs is 2. The van der Waals surface area contributed by atoms with Crippen LogP contribution in [-0.4, -0.2) is 52.4 Å². The van der Waals surface area contributed by atoms with Crippen LogP contribution in [0.4, 0.5) is 5.69 Å². The molecule has 10 heteroatoms. The summed E-state index contributed by atoms with van der Waals surface area (Å²) in [5, 5.41) is 15.2. The van der Waals surface area contributed by atoms with Crippen molar-refractivity contribution < 1.29 is 24.2 Å². The molecule has 1 saturated heterocycles. The van der Waals surface area contributed by atoms with Gasteiger partial charge in [0.1, 0.15) is 12.3 Å². The van der Waals surface area contributed by atoms with E-state index in [2.05, 4.69) is 15.6 Å². The smallest absolute Gasteiger partial charge is 0.307 e. The Balaban J connectivity index is 1.58. The van der Waals surface area contributed by atoms with Crippen molar-refractivity contribution in [3.05, 3.63) is 22.7 Å². The lowest BCUT2D eigenvalue weighted by Crippen LogP contribution is -2.45. The van der Waals surface area contributed by atoms with E-state index in [1.807, 2.05) is 0 Å². The number of nitrogens with one attached hydrogen (secondary N) is 2. The Bertz CT molecular complexity index is 913. The molecule has 2 heterocycles. The number of aliphatic carboxylic acids is 1. The van der Waals surface area contributed by atoms with Crippen LogP contribution in [0.25, 0.3) is 0 Å². The number of carboxylic acid groups (broad SMARTS) is 1. The first kappa shape index (κ1) is 20.5. The molecule has 0 spiro atoms. The summed E-state index contributed by atoms with van der Waals surface area (Å²) < 4.78 is 5.91. The highest BCUT2D eigenvalue weighted by Gasteiger charge is 2.33. The van der Waals surface area contributed by atoms with Gasteiger partial charge in [-0.1, -0.05) is 30.9 Å². The zero-order valence-electron chi connectivity index (χ0n) is 16.3. The lowest BCUT2D eigenvalue weighted by atomic mass is 9.95. The van der Waals surface area contributed by atoms with Gasteiger partial charge in [0.2, 0.25) is 11.9 Å².